The molecule has 0 saturated heterocycles. The number of carbonyl (C=O) groups excluding carboxylic acids is 2. The summed E-state index contributed by atoms with van der Waals surface area (Å²) in [4.78, 5) is 42.3. The highest BCUT2D eigenvalue weighted by molar-refractivity contribution is 5.86. The van der Waals surface area contributed by atoms with E-state index in [2.05, 4.69) is 75.4 Å². The Morgan fingerprint density at radius 1 is 1.00 bits per heavy atom. The predicted octanol–water partition coefficient (Wildman–Crippen LogP) is 6.31. The lowest BCUT2D eigenvalue weighted by molar-refractivity contribution is -0.136. The third-order valence-electron chi connectivity index (χ3n) is 9.82. The molecule has 270 valence electrons. The van der Waals surface area contributed by atoms with Gasteiger partial charge >= 0.3 is 6.09 Å². The van der Waals surface area contributed by atoms with Crippen LogP contribution in [-0.4, -0.2) is 84.9 Å². The molecular formula is C41H53N7O3. The van der Waals surface area contributed by atoms with Crippen LogP contribution in [0.5, 0.6) is 0 Å². The number of ether oxygens (including phenoxy) is 1. The Balaban J connectivity index is 1.19. The smallest absolute Gasteiger partial charge is 0.407 e. The van der Waals surface area contributed by atoms with Gasteiger partial charge in [0.05, 0.1) is 37.4 Å². The summed E-state index contributed by atoms with van der Waals surface area (Å²) in [5, 5.41) is 5.97. The molecule has 2 saturated carbocycles. The van der Waals surface area contributed by atoms with Crippen LogP contribution >= 0.6 is 0 Å². The standard InChI is InChI=1S/C41H53N7O3/c1-29(2)37(46-39(50)51-7)38(49)48(28-41(4)20-21-41)26-36-44-25-35(45-36)33-16-12-31(13-17-33)9-8-30-10-14-32(15-11-30)34(42-5)24-43-22-23-47(6)27-40(3)18-19-40/h10-17,22,24-25,29,37,42H,18-21,23,26-28H2,1-7H3,(H,44,45)(H,46,50)/b34-24-,43-22?. The number of aliphatic imine (C=N–C) groups is 1. The van der Waals surface area contributed by atoms with Gasteiger partial charge in [-0.25, -0.2) is 9.78 Å². The number of nitrogens with zero attached hydrogens (tertiary/aromatic N) is 4. The third kappa shape index (κ3) is 10.8. The number of carbonyl (C=O) groups is 2. The van der Waals surface area contributed by atoms with Crippen molar-refractivity contribution in [1.29, 1.82) is 0 Å². The van der Waals surface area contributed by atoms with Crippen molar-refractivity contribution in [2.75, 3.05) is 40.8 Å². The molecule has 1 heterocycles. The molecule has 0 aliphatic heterocycles. The summed E-state index contributed by atoms with van der Waals surface area (Å²) in [7, 11) is 5.36. The zero-order valence-corrected chi connectivity index (χ0v) is 31.2. The van der Waals surface area contributed by atoms with Gasteiger partial charge < -0.3 is 30.2 Å². The van der Waals surface area contributed by atoms with Crippen molar-refractivity contribution < 1.29 is 14.3 Å². The molecule has 2 aromatic carbocycles. The normalized spacial score (nSPS) is 16.4. The van der Waals surface area contributed by atoms with E-state index in [9.17, 15) is 9.59 Å². The summed E-state index contributed by atoms with van der Waals surface area (Å²) in [5.74, 6) is 6.98. The van der Waals surface area contributed by atoms with Crippen molar-refractivity contribution in [2.45, 2.75) is 66.0 Å². The Morgan fingerprint density at radius 3 is 2.18 bits per heavy atom. The molecule has 10 nitrogen and oxygen atoms in total. The molecule has 0 radical (unpaired) electrons. The van der Waals surface area contributed by atoms with Crippen molar-refractivity contribution >= 4 is 23.9 Å². The Bertz CT molecular complexity index is 1770. The number of imidazole rings is 1. The maximum Gasteiger partial charge on any atom is 0.407 e. The van der Waals surface area contributed by atoms with Gasteiger partial charge in [-0.3, -0.25) is 9.79 Å². The maximum atomic E-state index is 13.7. The minimum atomic E-state index is -0.689. The minimum absolute atomic E-state index is 0.0865. The molecule has 2 aliphatic rings. The van der Waals surface area contributed by atoms with Crippen LogP contribution in [0.4, 0.5) is 4.79 Å². The van der Waals surface area contributed by atoms with Gasteiger partial charge in [0.2, 0.25) is 5.91 Å². The topological polar surface area (TPSA) is 115 Å². The van der Waals surface area contributed by atoms with Gasteiger partial charge in [-0.05, 0) is 84.9 Å². The van der Waals surface area contributed by atoms with Gasteiger partial charge in [0.15, 0.2) is 0 Å². The number of alkyl carbamates (subject to hydrolysis) is 1. The molecule has 3 aromatic rings. The lowest BCUT2D eigenvalue weighted by Crippen LogP contribution is -2.52. The fraction of sp³-hybridized carbons (Fsp3) is 0.463. The van der Waals surface area contributed by atoms with Crippen LogP contribution in [0, 0.1) is 28.6 Å². The fourth-order valence-electron chi connectivity index (χ4n) is 6.01. The Hall–Kier alpha value is -4.88. The molecule has 2 aliphatic carbocycles. The lowest BCUT2D eigenvalue weighted by Gasteiger charge is -2.31. The molecular weight excluding hydrogens is 638 g/mol. The molecule has 3 N–H and O–H groups in total. The number of aromatic nitrogens is 2. The van der Waals surface area contributed by atoms with Crippen molar-refractivity contribution in [3.63, 3.8) is 0 Å². The Kier molecular flexibility index (Phi) is 12.0. The van der Waals surface area contributed by atoms with Gasteiger partial charge in [-0.15, -0.1) is 0 Å². The van der Waals surface area contributed by atoms with E-state index in [0.717, 1.165) is 59.6 Å². The number of aromatic amines is 1. The highest BCUT2D eigenvalue weighted by Crippen LogP contribution is 2.46. The van der Waals surface area contributed by atoms with E-state index < -0.39 is 12.1 Å². The van der Waals surface area contributed by atoms with Crippen LogP contribution in [0.2, 0.25) is 0 Å². The van der Waals surface area contributed by atoms with E-state index in [4.69, 9.17) is 4.74 Å². The number of nitrogens with one attached hydrogen (secondary N) is 3. The molecule has 51 heavy (non-hydrogen) atoms. The zero-order valence-electron chi connectivity index (χ0n) is 31.2. The van der Waals surface area contributed by atoms with Crippen molar-refractivity contribution in [1.82, 2.24) is 30.4 Å². The minimum Gasteiger partial charge on any atom is -0.453 e. The summed E-state index contributed by atoms with van der Waals surface area (Å²) in [6.45, 7) is 11.2. The first-order valence-electron chi connectivity index (χ1n) is 17.9. The highest BCUT2D eigenvalue weighted by atomic mass is 16.5. The summed E-state index contributed by atoms with van der Waals surface area (Å²) < 4.78 is 4.78. The van der Waals surface area contributed by atoms with Crippen LogP contribution in [0.15, 0.2) is 65.9 Å². The summed E-state index contributed by atoms with van der Waals surface area (Å²) in [6.07, 6.45) is 9.79. The van der Waals surface area contributed by atoms with Crippen LogP contribution in [0.3, 0.4) is 0 Å². The molecule has 1 atom stereocenters. The van der Waals surface area contributed by atoms with Gasteiger partial charge in [-0.2, -0.15) is 0 Å². The molecule has 2 amide bonds. The molecule has 0 bridgehead atoms. The number of methoxy groups -OCH3 is 1. The van der Waals surface area contributed by atoms with E-state index >= 15 is 0 Å². The largest absolute Gasteiger partial charge is 0.453 e. The number of H-pyrrole nitrogens is 1. The average molecular weight is 692 g/mol. The molecule has 1 aromatic heterocycles. The first-order chi connectivity index (χ1) is 24.4. The molecule has 5 rings (SSSR count). The van der Waals surface area contributed by atoms with E-state index in [1.807, 2.05) is 74.6 Å². The number of hydrogen-bond acceptors (Lipinski definition) is 7. The third-order valence-corrected chi connectivity index (χ3v) is 9.82. The van der Waals surface area contributed by atoms with Crippen molar-refractivity contribution in [3.8, 4) is 23.1 Å². The first kappa shape index (κ1) is 37.4. The summed E-state index contributed by atoms with van der Waals surface area (Å²) in [6, 6.07) is 15.5. The Morgan fingerprint density at radius 2 is 1.61 bits per heavy atom. The van der Waals surface area contributed by atoms with Gasteiger partial charge in [0, 0.05) is 44.0 Å². The number of amides is 2. The number of benzene rings is 2. The first-order valence-corrected chi connectivity index (χ1v) is 17.9. The van der Waals surface area contributed by atoms with E-state index in [0.29, 0.717) is 24.3 Å². The molecule has 0 spiro atoms. The average Bonchev–Trinajstić information content (AvgIpc) is 3.99. The molecule has 1 unspecified atom stereocenters. The summed E-state index contributed by atoms with van der Waals surface area (Å²) in [5.41, 5.74) is 6.25. The SMILES string of the molecule is CN/C(=C\N=CCN(C)CC1(C)CC1)c1ccc(C#Cc2ccc(-c3cnc(CN(CC4(C)CC4)C(=O)C(NC(=O)OC)C(C)C)[nH]3)cc2)cc1. The van der Waals surface area contributed by atoms with Crippen LogP contribution in [0.25, 0.3) is 17.0 Å². The quantitative estimate of drug-likeness (QED) is 0.127. The van der Waals surface area contributed by atoms with E-state index in [1.54, 1.807) is 6.20 Å². The van der Waals surface area contributed by atoms with Crippen LogP contribution in [-0.2, 0) is 16.1 Å². The van der Waals surface area contributed by atoms with Gasteiger partial charge in [-0.1, -0.05) is 63.8 Å². The predicted molar refractivity (Wildman–Crippen MR) is 204 cm³/mol. The lowest BCUT2D eigenvalue weighted by atomic mass is 10.0. The zero-order chi connectivity index (χ0) is 36.6. The molecule has 10 heteroatoms. The number of hydrogen-bond donors (Lipinski definition) is 3. The second-order valence-electron chi connectivity index (χ2n) is 15.1. The number of rotatable bonds is 15. The Labute approximate surface area is 303 Å². The summed E-state index contributed by atoms with van der Waals surface area (Å²) >= 11 is 0. The molecule has 2 fully saturated rings. The monoisotopic (exact) mass is 691 g/mol. The van der Waals surface area contributed by atoms with Gasteiger partial charge in [0.1, 0.15) is 11.9 Å². The van der Waals surface area contributed by atoms with Crippen molar-refractivity contribution in [3.05, 3.63) is 83.4 Å². The van der Waals surface area contributed by atoms with E-state index in [-0.39, 0.29) is 17.2 Å². The fourth-order valence-corrected chi connectivity index (χ4v) is 6.01. The highest BCUT2D eigenvalue weighted by Gasteiger charge is 2.42. The second-order valence-corrected chi connectivity index (χ2v) is 15.1. The van der Waals surface area contributed by atoms with Crippen LogP contribution in [0.1, 0.15) is 75.9 Å². The maximum absolute atomic E-state index is 13.7. The van der Waals surface area contributed by atoms with Crippen LogP contribution < -0.4 is 10.6 Å². The van der Waals surface area contributed by atoms with Gasteiger partial charge in [0.25, 0.3) is 0 Å². The van der Waals surface area contributed by atoms with E-state index in [1.165, 1.54) is 20.0 Å². The van der Waals surface area contributed by atoms with Crippen molar-refractivity contribution in [2.24, 2.45) is 21.7 Å². The second kappa shape index (κ2) is 16.4.